The molecule has 2 aromatic carbocycles. The molecule has 1 atom stereocenters. The number of pyridine rings is 1. The summed E-state index contributed by atoms with van der Waals surface area (Å²) in [5.41, 5.74) is 5.51. The van der Waals surface area contributed by atoms with E-state index < -0.39 is 9.84 Å². The summed E-state index contributed by atoms with van der Waals surface area (Å²) in [6, 6.07) is 11.6. The molecule has 1 saturated heterocycles. The van der Waals surface area contributed by atoms with Gasteiger partial charge >= 0.3 is 0 Å². The third kappa shape index (κ3) is 4.43. The molecule has 0 saturated carbocycles. The smallest absolute Gasteiger partial charge is 0.175 e. The number of hydrogen-bond donors (Lipinski definition) is 0. The Hall–Kier alpha value is -3.83. The molecule has 3 aromatic heterocycles. The van der Waals surface area contributed by atoms with Gasteiger partial charge in [-0.2, -0.15) is 0 Å². The molecular formula is C29H30FN5O4S. The molecule has 5 aromatic rings. The van der Waals surface area contributed by atoms with Crippen LogP contribution in [0, 0.1) is 18.7 Å². The molecule has 0 spiro atoms. The zero-order valence-corrected chi connectivity index (χ0v) is 23.6. The highest BCUT2D eigenvalue weighted by Crippen LogP contribution is 2.44. The number of methoxy groups -OCH3 is 1. The summed E-state index contributed by atoms with van der Waals surface area (Å²) in [5, 5.41) is 9.09. The van der Waals surface area contributed by atoms with Crippen molar-refractivity contribution in [2.75, 3.05) is 26.6 Å². The maximum Gasteiger partial charge on any atom is 0.175 e. The first-order valence-electron chi connectivity index (χ1n) is 13.1. The van der Waals surface area contributed by atoms with Crippen molar-refractivity contribution in [3.05, 3.63) is 65.7 Å². The fourth-order valence-electron chi connectivity index (χ4n) is 5.95. The molecule has 0 unspecified atom stereocenters. The first kappa shape index (κ1) is 26.4. The van der Waals surface area contributed by atoms with E-state index in [2.05, 4.69) is 14.9 Å². The second-order valence-electron chi connectivity index (χ2n) is 10.3. The Morgan fingerprint density at radius 1 is 1.10 bits per heavy atom. The van der Waals surface area contributed by atoms with Crippen molar-refractivity contribution in [2.45, 2.75) is 30.7 Å². The molecule has 40 heavy (non-hydrogen) atoms. The Kier molecular flexibility index (Phi) is 6.58. The van der Waals surface area contributed by atoms with Gasteiger partial charge in [0, 0.05) is 38.3 Å². The lowest BCUT2D eigenvalue weighted by Gasteiger charge is -2.33. The standard InChI is InChI=1S/C29H30FN5O4S/c1-17-28(34(2)33-32-17)20-13-24-27(31-16-20)26-23(14-22(40(4,36)37)15-25(26)38-3)35(24)29(19-9-11-39-12-10-19)18-5-7-21(30)8-6-18/h5-8,13-16,19,29H,9-12H2,1-4H3/t29-/m1/s1. The molecule has 0 aliphatic carbocycles. The van der Waals surface area contributed by atoms with E-state index in [1.165, 1.54) is 25.5 Å². The zero-order chi connectivity index (χ0) is 28.2. The van der Waals surface area contributed by atoms with Crippen molar-refractivity contribution in [2.24, 2.45) is 13.0 Å². The monoisotopic (exact) mass is 563 g/mol. The number of sulfone groups is 1. The number of aromatic nitrogens is 5. The summed E-state index contributed by atoms with van der Waals surface area (Å²) in [6.07, 6.45) is 4.56. The van der Waals surface area contributed by atoms with Crippen LogP contribution in [0.1, 0.15) is 30.1 Å². The van der Waals surface area contributed by atoms with Crippen LogP contribution in [-0.4, -0.2) is 59.5 Å². The van der Waals surface area contributed by atoms with Crippen LogP contribution in [0.5, 0.6) is 5.75 Å². The molecule has 0 bridgehead atoms. The molecule has 1 fully saturated rings. The number of hydrogen-bond acceptors (Lipinski definition) is 7. The highest BCUT2D eigenvalue weighted by molar-refractivity contribution is 7.90. The van der Waals surface area contributed by atoms with Gasteiger partial charge in [-0.3, -0.25) is 4.98 Å². The maximum absolute atomic E-state index is 14.1. The second kappa shape index (κ2) is 9.97. The topological polar surface area (TPSA) is 101 Å². The molecule has 1 aliphatic heterocycles. The average molecular weight is 564 g/mol. The number of aryl methyl sites for hydroxylation is 2. The van der Waals surface area contributed by atoms with E-state index in [1.807, 2.05) is 20.0 Å². The summed E-state index contributed by atoms with van der Waals surface area (Å²) in [4.78, 5) is 5.05. The number of rotatable bonds is 6. The molecule has 208 valence electrons. The van der Waals surface area contributed by atoms with Crippen LogP contribution in [0.2, 0.25) is 0 Å². The second-order valence-corrected chi connectivity index (χ2v) is 12.4. The number of ether oxygens (including phenoxy) is 2. The molecule has 0 amide bonds. The van der Waals surface area contributed by atoms with Crippen LogP contribution in [0.15, 0.2) is 53.6 Å². The maximum atomic E-state index is 14.1. The highest BCUT2D eigenvalue weighted by Gasteiger charge is 2.32. The molecule has 0 N–H and O–H groups in total. The van der Waals surface area contributed by atoms with Gasteiger partial charge < -0.3 is 14.0 Å². The van der Waals surface area contributed by atoms with E-state index in [0.717, 1.165) is 46.3 Å². The summed E-state index contributed by atoms with van der Waals surface area (Å²) < 4.78 is 55.0. The van der Waals surface area contributed by atoms with Crippen LogP contribution in [0.4, 0.5) is 4.39 Å². The molecule has 1 aliphatic rings. The van der Waals surface area contributed by atoms with Gasteiger partial charge in [-0.05, 0) is 61.6 Å². The Morgan fingerprint density at radius 2 is 1.82 bits per heavy atom. The summed E-state index contributed by atoms with van der Waals surface area (Å²) in [6.45, 7) is 3.12. The van der Waals surface area contributed by atoms with Gasteiger partial charge in [0.2, 0.25) is 0 Å². The van der Waals surface area contributed by atoms with E-state index in [0.29, 0.717) is 30.0 Å². The Balaban J connectivity index is 1.75. The largest absolute Gasteiger partial charge is 0.496 e. The lowest BCUT2D eigenvalue weighted by molar-refractivity contribution is 0.0552. The van der Waals surface area contributed by atoms with Gasteiger partial charge in [0.25, 0.3) is 0 Å². The lowest BCUT2D eigenvalue weighted by Crippen LogP contribution is -2.27. The minimum Gasteiger partial charge on any atom is -0.496 e. The van der Waals surface area contributed by atoms with Gasteiger partial charge in [0.05, 0.1) is 51.4 Å². The van der Waals surface area contributed by atoms with Crippen molar-refractivity contribution in [3.63, 3.8) is 0 Å². The molecule has 0 radical (unpaired) electrons. The molecule has 6 rings (SSSR count). The van der Waals surface area contributed by atoms with Crippen LogP contribution >= 0.6 is 0 Å². The fourth-order valence-corrected chi connectivity index (χ4v) is 6.59. The van der Waals surface area contributed by atoms with Crippen molar-refractivity contribution in [1.82, 2.24) is 24.5 Å². The normalized spacial score (nSPS) is 15.6. The quantitative estimate of drug-likeness (QED) is 0.291. The minimum atomic E-state index is -3.56. The van der Waals surface area contributed by atoms with Crippen molar-refractivity contribution in [3.8, 4) is 17.0 Å². The Morgan fingerprint density at radius 3 is 2.45 bits per heavy atom. The van der Waals surface area contributed by atoms with Crippen molar-refractivity contribution in [1.29, 1.82) is 0 Å². The van der Waals surface area contributed by atoms with E-state index in [1.54, 1.807) is 35.1 Å². The third-order valence-electron chi connectivity index (χ3n) is 7.80. The van der Waals surface area contributed by atoms with Crippen molar-refractivity contribution >= 4 is 31.8 Å². The van der Waals surface area contributed by atoms with Crippen molar-refractivity contribution < 1.29 is 22.3 Å². The molecular weight excluding hydrogens is 533 g/mol. The summed E-state index contributed by atoms with van der Waals surface area (Å²) >= 11 is 0. The van der Waals surface area contributed by atoms with Crippen LogP contribution in [0.25, 0.3) is 33.2 Å². The van der Waals surface area contributed by atoms with Gasteiger partial charge in [0.15, 0.2) is 9.84 Å². The first-order valence-corrected chi connectivity index (χ1v) is 15.0. The summed E-state index contributed by atoms with van der Waals surface area (Å²) in [7, 11) is -0.200. The SMILES string of the molecule is COc1cc(S(C)(=O)=O)cc2c1c1ncc(-c3c(C)nnn3C)cc1n2[C@H](c1ccc(F)cc1)C1CCOCC1. The summed E-state index contributed by atoms with van der Waals surface area (Å²) in [5.74, 6) is 0.251. The van der Waals surface area contributed by atoms with E-state index in [9.17, 15) is 12.8 Å². The lowest BCUT2D eigenvalue weighted by atomic mass is 9.86. The van der Waals surface area contributed by atoms with Gasteiger partial charge in [0.1, 0.15) is 11.6 Å². The predicted molar refractivity (Wildman–Crippen MR) is 150 cm³/mol. The fraction of sp³-hybridized carbons (Fsp3) is 0.345. The van der Waals surface area contributed by atoms with Crippen LogP contribution in [-0.2, 0) is 21.6 Å². The Labute approximate surface area is 231 Å². The predicted octanol–water partition coefficient (Wildman–Crippen LogP) is 4.86. The molecule has 11 heteroatoms. The van der Waals surface area contributed by atoms with Gasteiger partial charge in [-0.25, -0.2) is 17.5 Å². The zero-order valence-electron chi connectivity index (χ0n) is 22.8. The minimum absolute atomic E-state index is 0.148. The van der Waals surface area contributed by atoms with Crippen LogP contribution in [0.3, 0.4) is 0 Å². The highest BCUT2D eigenvalue weighted by atomic mass is 32.2. The number of fused-ring (bicyclic) bond motifs is 3. The number of halogens is 1. The number of benzene rings is 2. The molecule has 4 heterocycles. The third-order valence-corrected chi connectivity index (χ3v) is 8.89. The van der Waals surface area contributed by atoms with Crippen LogP contribution < -0.4 is 4.74 Å². The van der Waals surface area contributed by atoms with Gasteiger partial charge in [-0.15, -0.1) is 5.10 Å². The van der Waals surface area contributed by atoms with E-state index in [-0.39, 0.29) is 22.7 Å². The van der Waals surface area contributed by atoms with Gasteiger partial charge in [-0.1, -0.05) is 17.3 Å². The number of nitrogens with zero attached hydrogens (tertiary/aromatic N) is 5. The van der Waals surface area contributed by atoms with E-state index >= 15 is 0 Å². The Bertz CT molecular complexity index is 1820. The average Bonchev–Trinajstić information content (AvgIpc) is 3.45. The van der Waals surface area contributed by atoms with E-state index in [4.69, 9.17) is 14.5 Å². The molecule has 9 nitrogen and oxygen atoms in total. The first-order chi connectivity index (χ1) is 19.2.